The number of rotatable bonds is 6. The van der Waals surface area contributed by atoms with Gasteiger partial charge < -0.3 is 4.74 Å². The van der Waals surface area contributed by atoms with Gasteiger partial charge in [0, 0.05) is 0 Å². The van der Waals surface area contributed by atoms with E-state index in [9.17, 15) is 8.42 Å². The lowest BCUT2D eigenvalue weighted by atomic mass is 10.2. The fourth-order valence-electron chi connectivity index (χ4n) is 2.58. The van der Waals surface area contributed by atoms with Crippen LogP contribution in [-0.2, 0) is 14.3 Å². The van der Waals surface area contributed by atoms with Gasteiger partial charge in [0.25, 0.3) is 10.1 Å². The van der Waals surface area contributed by atoms with E-state index in [2.05, 4.69) is 11.1 Å². The number of para-hydroxylation sites is 2. The lowest BCUT2D eigenvalue weighted by Gasteiger charge is -2.07. The van der Waals surface area contributed by atoms with Gasteiger partial charge in [-0.05, 0) is 50.2 Å². The standard InChI is InChI=1S/C15H16O4S.C8H7NS/c1-13-7-9-15(10-8-13)20(16,17)19-12-11-18-14-5-3-2-4-6-14;1-6-9-7-4-2-3-5-8(7)10-6/h2-10H,11-12H2,1H3;2-5H,1H3. The molecule has 0 aliphatic carbocycles. The summed E-state index contributed by atoms with van der Waals surface area (Å²) in [4.78, 5) is 4.49. The maximum absolute atomic E-state index is 11.9. The Kier molecular flexibility index (Phi) is 7.57. The number of hydrogen-bond acceptors (Lipinski definition) is 6. The predicted molar refractivity (Wildman–Crippen MR) is 121 cm³/mol. The summed E-state index contributed by atoms with van der Waals surface area (Å²) in [5, 5.41) is 1.14. The van der Waals surface area contributed by atoms with Gasteiger partial charge in [0.05, 0.1) is 20.1 Å². The van der Waals surface area contributed by atoms with Crippen LogP contribution in [-0.4, -0.2) is 26.6 Å². The molecular formula is C23H23NO4S2. The van der Waals surface area contributed by atoms with Crippen molar-refractivity contribution in [2.24, 2.45) is 0 Å². The molecule has 0 saturated carbocycles. The van der Waals surface area contributed by atoms with Gasteiger partial charge in [-0.3, -0.25) is 4.18 Å². The number of fused-ring (bicyclic) bond motifs is 1. The van der Waals surface area contributed by atoms with Gasteiger partial charge in [-0.2, -0.15) is 8.42 Å². The van der Waals surface area contributed by atoms with Crippen LogP contribution in [0.25, 0.3) is 10.2 Å². The summed E-state index contributed by atoms with van der Waals surface area (Å²) in [5.41, 5.74) is 2.11. The van der Waals surface area contributed by atoms with E-state index >= 15 is 0 Å². The maximum atomic E-state index is 11.9. The molecule has 0 saturated heterocycles. The number of thiazole rings is 1. The molecule has 156 valence electrons. The highest BCUT2D eigenvalue weighted by atomic mass is 32.2. The summed E-state index contributed by atoms with van der Waals surface area (Å²) in [7, 11) is -3.71. The fraction of sp³-hybridized carbons (Fsp3) is 0.174. The van der Waals surface area contributed by atoms with Crippen LogP contribution in [0.2, 0.25) is 0 Å². The van der Waals surface area contributed by atoms with E-state index in [1.807, 2.05) is 50.2 Å². The minimum atomic E-state index is -3.71. The zero-order chi connectivity index (χ0) is 21.4. The van der Waals surface area contributed by atoms with Gasteiger partial charge >= 0.3 is 0 Å². The molecule has 0 fully saturated rings. The Morgan fingerprint density at radius 3 is 2.20 bits per heavy atom. The Labute approximate surface area is 181 Å². The predicted octanol–water partition coefficient (Wildman–Crippen LogP) is 5.38. The van der Waals surface area contributed by atoms with E-state index in [1.165, 1.54) is 16.8 Å². The van der Waals surface area contributed by atoms with E-state index in [0.29, 0.717) is 5.75 Å². The van der Waals surface area contributed by atoms with Gasteiger partial charge in [-0.25, -0.2) is 4.98 Å². The van der Waals surface area contributed by atoms with E-state index in [-0.39, 0.29) is 18.1 Å². The fourth-order valence-corrected chi connectivity index (χ4v) is 4.30. The van der Waals surface area contributed by atoms with Gasteiger partial charge in [-0.15, -0.1) is 11.3 Å². The van der Waals surface area contributed by atoms with E-state index in [1.54, 1.807) is 35.6 Å². The summed E-state index contributed by atoms with van der Waals surface area (Å²) >= 11 is 1.74. The van der Waals surface area contributed by atoms with Crippen molar-refractivity contribution < 1.29 is 17.3 Å². The highest BCUT2D eigenvalue weighted by Gasteiger charge is 2.14. The zero-order valence-corrected chi connectivity index (χ0v) is 18.4. The van der Waals surface area contributed by atoms with Crippen molar-refractivity contribution in [3.05, 3.63) is 89.4 Å². The Hall–Kier alpha value is -2.74. The molecule has 4 aromatic rings. The SMILES string of the molecule is Cc1ccc(S(=O)(=O)OCCOc2ccccc2)cc1.Cc1nc2ccccc2s1. The molecular weight excluding hydrogens is 418 g/mol. The van der Waals surface area contributed by atoms with Crippen LogP contribution in [0.3, 0.4) is 0 Å². The van der Waals surface area contributed by atoms with Crippen molar-refractivity contribution in [2.45, 2.75) is 18.7 Å². The monoisotopic (exact) mass is 441 g/mol. The first-order valence-electron chi connectivity index (χ1n) is 9.40. The molecule has 0 atom stereocenters. The van der Waals surface area contributed by atoms with Crippen molar-refractivity contribution in [1.82, 2.24) is 4.98 Å². The molecule has 5 nitrogen and oxygen atoms in total. The maximum Gasteiger partial charge on any atom is 0.297 e. The minimum Gasteiger partial charge on any atom is -0.491 e. The van der Waals surface area contributed by atoms with Gasteiger partial charge in [0.15, 0.2) is 0 Å². The molecule has 0 amide bonds. The number of aryl methyl sites for hydroxylation is 2. The van der Waals surface area contributed by atoms with Crippen LogP contribution >= 0.6 is 11.3 Å². The minimum absolute atomic E-state index is 0.0227. The molecule has 0 aliphatic heterocycles. The van der Waals surface area contributed by atoms with Crippen LogP contribution < -0.4 is 4.74 Å². The summed E-state index contributed by atoms with van der Waals surface area (Å²) in [6.45, 7) is 4.08. The Morgan fingerprint density at radius 1 is 0.833 bits per heavy atom. The second kappa shape index (κ2) is 10.3. The first-order chi connectivity index (χ1) is 14.4. The lowest BCUT2D eigenvalue weighted by Crippen LogP contribution is -2.13. The molecule has 30 heavy (non-hydrogen) atoms. The summed E-state index contributed by atoms with van der Waals surface area (Å²) in [6, 6.07) is 23.9. The van der Waals surface area contributed by atoms with Crippen molar-refractivity contribution in [3.63, 3.8) is 0 Å². The molecule has 7 heteroatoms. The van der Waals surface area contributed by atoms with Gasteiger partial charge in [0.1, 0.15) is 19.0 Å². The Balaban J connectivity index is 0.000000212. The zero-order valence-electron chi connectivity index (χ0n) is 16.8. The first-order valence-corrected chi connectivity index (χ1v) is 11.6. The van der Waals surface area contributed by atoms with Crippen LogP contribution in [0.15, 0.2) is 83.8 Å². The van der Waals surface area contributed by atoms with E-state index < -0.39 is 10.1 Å². The quantitative estimate of drug-likeness (QED) is 0.297. The van der Waals surface area contributed by atoms with Crippen molar-refractivity contribution in [2.75, 3.05) is 13.2 Å². The third-order valence-electron chi connectivity index (χ3n) is 4.04. The molecule has 0 N–H and O–H groups in total. The molecule has 3 aromatic carbocycles. The van der Waals surface area contributed by atoms with Crippen molar-refractivity contribution in [3.8, 4) is 5.75 Å². The van der Waals surface area contributed by atoms with Crippen LogP contribution in [0, 0.1) is 13.8 Å². The topological polar surface area (TPSA) is 65.5 Å². The summed E-state index contributed by atoms with van der Waals surface area (Å²) < 4.78 is 35.3. The number of ether oxygens (including phenoxy) is 1. The third kappa shape index (κ3) is 6.38. The number of nitrogens with zero attached hydrogens (tertiary/aromatic N) is 1. The highest BCUT2D eigenvalue weighted by molar-refractivity contribution is 7.86. The molecule has 0 spiro atoms. The molecule has 0 aliphatic rings. The van der Waals surface area contributed by atoms with Gasteiger partial charge in [0.2, 0.25) is 0 Å². The highest BCUT2D eigenvalue weighted by Crippen LogP contribution is 2.20. The molecule has 0 unspecified atom stereocenters. The average molecular weight is 442 g/mol. The molecule has 0 radical (unpaired) electrons. The summed E-state index contributed by atoms with van der Waals surface area (Å²) in [5.74, 6) is 0.684. The normalized spacial score (nSPS) is 11.0. The van der Waals surface area contributed by atoms with Gasteiger partial charge in [-0.1, -0.05) is 48.0 Å². The van der Waals surface area contributed by atoms with E-state index in [0.717, 1.165) is 16.1 Å². The first kappa shape index (κ1) is 22.0. The largest absolute Gasteiger partial charge is 0.491 e. The Bertz CT molecular complexity index is 1140. The molecule has 1 aromatic heterocycles. The number of aromatic nitrogens is 1. The second-order valence-electron chi connectivity index (χ2n) is 6.45. The van der Waals surface area contributed by atoms with Crippen LogP contribution in [0.4, 0.5) is 0 Å². The third-order valence-corrected chi connectivity index (χ3v) is 6.32. The number of benzene rings is 3. The van der Waals surface area contributed by atoms with Crippen LogP contribution in [0.1, 0.15) is 10.6 Å². The van der Waals surface area contributed by atoms with Crippen molar-refractivity contribution in [1.29, 1.82) is 0 Å². The second-order valence-corrected chi connectivity index (χ2v) is 9.30. The molecule has 4 rings (SSSR count). The van der Waals surface area contributed by atoms with E-state index in [4.69, 9.17) is 8.92 Å². The van der Waals surface area contributed by atoms with Crippen molar-refractivity contribution >= 4 is 31.7 Å². The van der Waals surface area contributed by atoms with Crippen LogP contribution in [0.5, 0.6) is 5.75 Å². The summed E-state index contributed by atoms with van der Waals surface area (Å²) in [6.07, 6.45) is 0. The lowest BCUT2D eigenvalue weighted by molar-refractivity contribution is 0.221. The Morgan fingerprint density at radius 2 is 1.50 bits per heavy atom. The smallest absolute Gasteiger partial charge is 0.297 e. The average Bonchev–Trinajstić information content (AvgIpc) is 3.13. The molecule has 1 heterocycles. The number of hydrogen-bond donors (Lipinski definition) is 0. The molecule has 0 bridgehead atoms.